The number of carbonyl (C=O) groups excluding carboxylic acids is 1. The van der Waals surface area contributed by atoms with Gasteiger partial charge in [0.05, 0.1) is 0 Å². The minimum absolute atomic E-state index is 0.0136. The van der Waals surface area contributed by atoms with E-state index in [0.717, 1.165) is 35.6 Å². The van der Waals surface area contributed by atoms with E-state index in [9.17, 15) is 4.79 Å². The van der Waals surface area contributed by atoms with Crippen molar-refractivity contribution >= 4 is 17.1 Å². The van der Waals surface area contributed by atoms with Crippen molar-refractivity contribution in [1.82, 2.24) is 19.9 Å². The van der Waals surface area contributed by atoms with Gasteiger partial charge in [-0.3, -0.25) is 9.36 Å². The molecule has 1 fully saturated rings. The van der Waals surface area contributed by atoms with Crippen LogP contribution in [0.25, 0.3) is 16.9 Å². The SMILES string of the molecule is CC1CCC(NC(=O)c2ccc(-n3cnc4cccnc43)cc2)CC1. The molecular weight excluding hydrogens is 312 g/mol. The lowest BCUT2D eigenvalue weighted by Gasteiger charge is -2.26. The van der Waals surface area contributed by atoms with Crippen LogP contribution in [-0.2, 0) is 0 Å². The van der Waals surface area contributed by atoms with Crippen molar-refractivity contribution in [2.24, 2.45) is 5.92 Å². The predicted molar refractivity (Wildman–Crippen MR) is 97.8 cm³/mol. The van der Waals surface area contributed by atoms with E-state index >= 15 is 0 Å². The Bertz CT molecular complexity index is 876. The van der Waals surface area contributed by atoms with Gasteiger partial charge in [-0.1, -0.05) is 6.92 Å². The van der Waals surface area contributed by atoms with E-state index < -0.39 is 0 Å². The van der Waals surface area contributed by atoms with Crippen LogP contribution in [0.1, 0.15) is 43.0 Å². The molecule has 1 aliphatic carbocycles. The monoisotopic (exact) mass is 334 g/mol. The fourth-order valence-electron chi connectivity index (χ4n) is 3.48. The third-order valence-corrected chi connectivity index (χ3v) is 5.07. The first-order chi connectivity index (χ1) is 12.2. The summed E-state index contributed by atoms with van der Waals surface area (Å²) in [6.07, 6.45) is 8.08. The maximum absolute atomic E-state index is 12.5. The molecule has 128 valence electrons. The standard InChI is InChI=1S/C20H22N4O/c1-14-4-8-16(9-5-14)23-20(25)15-6-10-17(11-7-15)24-13-22-18-3-2-12-21-19(18)24/h2-3,6-7,10-14,16H,4-5,8-9H2,1H3,(H,23,25). The number of pyridine rings is 1. The highest BCUT2D eigenvalue weighted by Crippen LogP contribution is 2.24. The number of benzene rings is 1. The molecule has 1 saturated carbocycles. The number of fused-ring (bicyclic) bond motifs is 1. The summed E-state index contributed by atoms with van der Waals surface area (Å²) in [5.74, 6) is 0.797. The average molecular weight is 334 g/mol. The molecule has 0 atom stereocenters. The highest BCUT2D eigenvalue weighted by molar-refractivity contribution is 5.94. The Labute approximate surface area is 147 Å². The lowest BCUT2D eigenvalue weighted by Crippen LogP contribution is -2.37. The highest BCUT2D eigenvalue weighted by atomic mass is 16.1. The zero-order chi connectivity index (χ0) is 17.2. The Morgan fingerprint density at radius 2 is 1.84 bits per heavy atom. The Balaban J connectivity index is 1.49. The normalized spacial score (nSPS) is 20.5. The Morgan fingerprint density at radius 1 is 1.08 bits per heavy atom. The van der Waals surface area contributed by atoms with Gasteiger partial charge in [-0.05, 0) is 68.0 Å². The second kappa shape index (κ2) is 6.67. The summed E-state index contributed by atoms with van der Waals surface area (Å²) >= 11 is 0. The molecule has 5 nitrogen and oxygen atoms in total. The van der Waals surface area contributed by atoms with E-state index in [1.165, 1.54) is 12.8 Å². The second-order valence-electron chi connectivity index (χ2n) is 6.94. The van der Waals surface area contributed by atoms with Crippen molar-refractivity contribution in [3.63, 3.8) is 0 Å². The molecule has 0 saturated heterocycles. The van der Waals surface area contributed by atoms with E-state index in [-0.39, 0.29) is 5.91 Å². The van der Waals surface area contributed by atoms with Crippen molar-refractivity contribution < 1.29 is 4.79 Å². The zero-order valence-corrected chi connectivity index (χ0v) is 14.4. The number of rotatable bonds is 3. The molecule has 0 spiro atoms. The van der Waals surface area contributed by atoms with Crippen molar-refractivity contribution in [2.45, 2.75) is 38.6 Å². The van der Waals surface area contributed by atoms with Crippen LogP contribution in [-0.4, -0.2) is 26.5 Å². The Kier molecular flexibility index (Phi) is 4.22. The second-order valence-corrected chi connectivity index (χ2v) is 6.94. The lowest BCUT2D eigenvalue weighted by atomic mass is 9.87. The first-order valence-electron chi connectivity index (χ1n) is 8.90. The summed E-state index contributed by atoms with van der Waals surface area (Å²) in [5, 5.41) is 3.17. The van der Waals surface area contributed by atoms with Gasteiger partial charge in [-0.2, -0.15) is 0 Å². The first-order valence-corrected chi connectivity index (χ1v) is 8.90. The molecule has 0 bridgehead atoms. The smallest absolute Gasteiger partial charge is 0.251 e. The topological polar surface area (TPSA) is 59.8 Å². The van der Waals surface area contributed by atoms with Crippen molar-refractivity contribution in [1.29, 1.82) is 0 Å². The molecule has 25 heavy (non-hydrogen) atoms. The number of amides is 1. The molecule has 1 N–H and O–H groups in total. The Hall–Kier alpha value is -2.69. The summed E-state index contributed by atoms with van der Waals surface area (Å²) in [4.78, 5) is 21.2. The van der Waals surface area contributed by atoms with E-state index in [2.05, 4.69) is 22.2 Å². The van der Waals surface area contributed by atoms with E-state index in [4.69, 9.17) is 0 Å². The van der Waals surface area contributed by atoms with E-state index in [1.54, 1.807) is 12.5 Å². The van der Waals surface area contributed by atoms with Crippen LogP contribution in [0.2, 0.25) is 0 Å². The van der Waals surface area contributed by atoms with Gasteiger partial charge in [0.2, 0.25) is 0 Å². The number of carbonyl (C=O) groups is 1. The highest BCUT2D eigenvalue weighted by Gasteiger charge is 2.20. The Morgan fingerprint density at radius 3 is 2.60 bits per heavy atom. The third kappa shape index (κ3) is 3.27. The molecule has 5 heteroatoms. The van der Waals surface area contributed by atoms with Crippen molar-refractivity contribution in [3.05, 3.63) is 54.5 Å². The van der Waals surface area contributed by atoms with Crippen LogP contribution < -0.4 is 5.32 Å². The largest absolute Gasteiger partial charge is 0.349 e. The van der Waals surface area contributed by atoms with Gasteiger partial charge < -0.3 is 5.32 Å². The summed E-state index contributed by atoms with van der Waals surface area (Å²) in [6, 6.07) is 11.7. The molecule has 0 aliphatic heterocycles. The van der Waals surface area contributed by atoms with E-state index in [0.29, 0.717) is 11.6 Å². The van der Waals surface area contributed by atoms with Crippen LogP contribution in [0.15, 0.2) is 48.9 Å². The first kappa shape index (κ1) is 15.8. The quantitative estimate of drug-likeness (QED) is 0.794. The van der Waals surface area contributed by atoms with Crippen LogP contribution in [0.5, 0.6) is 0 Å². The number of imidazole rings is 1. The zero-order valence-electron chi connectivity index (χ0n) is 14.4. The summed E-state index contributed by atoms with van der Waals surface area (Å²) in [5.41, 5.74) is 3.32. The fourth-order valence-corrected chi connectivity index (χ4v) is 3.48. The van der Waals surface area contributed by atoms with E-state index in [1.807, 2.05) is 41.0 Å². The van der Waals surface area contributed by atoms with Crippen LogP contribution in [0.3, 0.4) is 0 Å². The molecule has 1 aromatic carbocycles. The van der Waals surface area contributed by atoms with Gasteiger partial charge in [0.25, 0.3) is 5.91 Å². The minimum atomic E-state index is 0.0136. The predicted octanol–water partition coefficient (Wildman–Crippen LogP) is 3.73. The maximum Gasteiger partial charge on any atom is 0.251 e. The van der Waals surface area contributed by atoms with Gasteiger partial charge in [0.15, 0.2) is 5.65 Å². The molecule has 1 amide bonds. The van der Waals surface area contributed by atoms with Crippen molar-refractivity contribution in [2.75, 3.05) is 0 Å². The van der Waals surface area contributed by atoms with Crippen LogP contribution >= 0.6 is 0 Å². The third-order valence-electron chi connectivity index (χ3n) is 5.07. The maximum atomic E-state index is 12.5. The molecule has 2 aromatic heterocycles. The number of nitrogens with one attached hydrogen (secondary N) is 1. The summed E-state index contributed by atoms with van der Waals surface area (Å²) in [6.45, 7) is 2.28. The average Bonchev–Trinajstić information content (AvgIpc) is 3.08. The van der Waals surface area contributed by atoms with Crippen LogP contribution in [0, 0.1) is 5.92 Å². The molecule has 0 unspecified atom stereocenters. The molecule has 0 radical (unpaired) electrons. The minimum Gasteiger partial charge on any atom is -0.349 e. The molecule has 4 rings (SSSR count). The number of hydrogen-bond acceptors (Lipinski definition) is 3. The summed E-state index contributed by atoms with van der Waals surface area (Å²) < 4.78 is 1.93. The summed E-state index contributed by atoms with van der Waals surface area (Å²) in [7, 11) is 0. The molecular formula is C20H22N4O. The molecule has 3 aromatic rings. The number of aromatic nitrogens is 3. The van der Waals surface area contributed by atoms with Gasteiger partial charge >= 0.3 is 0 Å². The van der Waals surface area contributed by atoms with Crippen molar-refractivity contribution in [3.8, 4) is 5.69 Å². The molecule has 2 heterocycles. The van der Waals surface area contributed by atoms with Gasteiger partial charge in [-0.15, -0.1) is 0 Å². The fraction of sp³-hybridized carbons (Fsp3) is 0.350. The number of hydrogen-bond donors (Lipinski definition) is 1. The van der Waals surface area contributed by atoms with Gasteiger partial charge in [0, 0.05) is 23.5 Å². The van der Waals surface area contributed by atoms with Gasteiger partial charge in [0.1, 0.15) is 11.8 Å². The van der Waals surface area contributed by atoms with Crippen LogP contribution in [0.4, 0.5) is 0 Å². The molecule has 1 aliphatic rings. The lowest BCUT2D eigenvalue weighted by molar-refractivity contribution is 0.0923. The van der Waals surface area contributed by atoms with Gasteiger partial charge in [-0.25, -0.2) is 9.97 Å². The number of nitrogens with zero attached hydrogens (tertiary/aromatic N) is 3.